The number of hydrogen-bond acceptors (Lipinski definition) is 3. The second-order valence-corrected chi connectivity index (χ2v) is 5.73. The molecule has 1 N–H and O–H groups in total. The van der Waals surface area contributed by atoms with E-state index >= 15 is 0 Å². The first-order valence-corrected chi connectivity index (χ1v) is 7.76. The molecule has 5 heteroatoms. The number of rotatable bonds is 4. The van der Waals surface area contributed by atoms with Crippen molar-refractivity contribution in [1.29, 1.82) is 0 Å². The molecule has 3 rings (SSSR count). The highest BCUT2D eigenvalue weighted by Crippen LogP contribution is 2.34. The smallest absolute Gasteiger partial charge is 0.317 e. The standard InChI is InChI=1S/C18H21N3O2/c1-21(16-8-7-14-5-3-4-6-15(14)16)18(22)20-12-13-9-10-19-17(11-13)23-2/h3-6,9-11,16H,7-8,12H2,1-2H3,(H,20,22)/t16-/m0/s1. The summed E-state index contributed by atoms with van der Waals surface area (Å²) in [6, 6.07) is 12.1. The third-order valence-corrected chi connectivity index (χ3v) is 4.34. The summed E-state index contributed by atoms with van der Waals surface area (Å²) in [5, 5.41) is 2.96. The van der Waals surface area contributed by atoms with E-state index in [1.807, 2.05) is 25.2 Å². The van der Waals surface area contributed by atoms with Gasteiger partial charge in [-0.1, -0.05) is 24.3 Å². The lowest BCUT2D eigenvalue weighted by Crippen LogP contribution is -2.38. The van der Waals surface area contributed by atoms with Gasteiger partial charge in [0.15, 0.2) is 0 Å². The van der Waals surface area contributed by atoms with Crippen molar-refractivity contribution in [3.8, 4) is 5.88 Å². The maximum Gasteiger partial charge on any atom is 0.317 e. The van der Waals surface area contributed by atoms with Gasteiger partial charge in [-0.15, -0.1) is 0 Å². The Kier molecular flexibility index (Phi) is 4.46. The largest absolute Gasteiger partial charge is 0.481 e. The highest BCUT2D eigenvalue weighted by molar-refractivity contribution is 5.74. The van der Waals surface area contributed by atoms with E-state index in [-0.39, 0.29) is 12.1 Å². The summed E-state index contributed by atoms with van der Waals surface area (Å²) in [7, 11) is 3.44. The Labute approximate surface area is 136 Å². The van der Waals surface area contributed by atoms with E-state index in [2.05, 4.69) is 28.5 Å². The minimum absolute atomic E-state index is 0.0671. The number of nitrogens with one attached hydrogen (secondary N) is 1. The highest BCUT2D eigenvalue weighted by Gasteiger charge is 2.28. The van der Waals surface area contributed by atoms with E-state index in [1.54, 1.807) is 18.2 Å². The van der Waals surface area contributed by atoms with Gasteiger partial charge in [0.25, 0.3) is 0 Å². The number of aromatic nitrogens is 1. The number of hydrogen-bond donors (Lipinski definition) is 1. The zero-order chi connectivity index (χ0) is 16.2. The third-order valence-electron chi connectivity index (χ3n) is 4.34. The van der Waals surface area contributed by atoms with Crippen LogP contribution in [0.3, 0.4) is 0 Å². The summed E-state index contributed by atoms with van der Waals surface area (Å²) in [4.78, 5) is 18.3. The van der Waals surface area contributed by atoms with Gasteiger partial charge in [-0.3, -0.25) is 0 Å². The Hall–Kier alpha value is -2.56. The van der Waals surface area contributed by atoms with E-state index in [9.17, 15) is 4.79 Å². The first-order valence-electron chi connectivity index (χ1n) is 7.76. The van der Waals surface area contributed by atoms with Crippen LogP contribution in [0, 0.1) is 0 Å². The highest BCUT2D eigenvalue weighted by atomic mass is 16.5. The fourth-order valence-electron chi connectivity index (χ4n) is 3.05. The predicted molar refractivity (Wildman–Crippen MR) is 88.3 cm³/mol. The van der Waals surface area contributed by atoms with Crippen LogP contribution >= 0.6 is 0 Å². The number of ether oxygens (including phenoxy) is 1. The topological polar surface area (TPSA) is 54.5 Å². The van der Waals surface area contributed by atoms with Gasteiger partial charge in [0.05, 0.1) is 13.2 Å². The molecular weight excluding hydrogens is 290 g/mol. The average molecular weight is 311 g/mol. The minimum Gasteiger partial charge on any atom is -0.481 e. The molecule has 1 aliphatic rings. The average Bonchev–Trinajstić information content (AvgIpc) is 3.03. The molecule has 1 atom stereocenters. The number of nitrogens with zero attached hydrogens (tertiary/aromatic N) is 2. The normalized spacial score (nSPS) is 15.8. The molecule has 2 aromatic rings. The molecule has 1 aromatic carbocycles. The monoisotopic (exact) mass is 311 g/mol. The summed E-state index contributed by atoms with van der Waals surface area (Å²) in [5.74, 6) is 0.551. The summed E-state index contributed by atoms with van der Waals surface area (Å²) in [6.07, 6.45) is 3.68. The van der Waals surface area contributed by atoms with E-state index in [1.165, 1.54) is 11.1 Å². The number of methoxy groups -OCH3 is 1. The Morgan fingerprint density at radius 1 is 1.39 bits per heavy atom. The lowest BCUT2D eigenvalue weighted by atomic mass is 10.1. The Morgan fingerprint density at radius 2 is 2.22 bits per heavy atom. The van der Waals surface area contributed by atoms with Crippen LogP contribution in [-0.4, -0.2) is 30.1 Å². The van der Waals surface area contributed by atoms with Crippen LogP contribution in [0.1, 0.15) is 29.2 Å². The van der Waals surface area contributed by atoms with Gasteiger partial charge in [-0.05, 0) is 35.6 Å². The van der Waals surface area contributed by atoms with Gasteiger partial charge in [0.1, 0.15) is 0 Å². The zero-order valence-electron chi connectivity index (χ0n) is 13.5. The number of carbonyl (C=O) groups is 1. The van der Waals surface area contributed by atoms with Gasteiger partial charge in [-0.25, -0.2) is 9.78 Å². The molecule has 5 nitrogen and oxygen atoms in total. The first-order chi connectivity index (χ1) is 11.2. The van der Waals surface area contributed by atoms with Crippen molar-refractivity contribution >= 4 is 6.03 Å². The maximum atomic E-state index is 12.4. The van der Waals surface area contributed by atoms with E-state index < -0.39 is 0 Å². The molecular formula is C18H21N3O2. The molecule has 0 bridgehead atoms. The van der Waals surface area contributed by atoms with Gasteiger partial charge >= 0.3 is 6.03 Å². The molecule has 1 aliphatic carbocycles. The molecule has 0 unspecified atom stereocenters. The van der Waals surface area contributed by atoms with Crippen LogP contribution in [0.25, 0.3) is 0 Å². The fraction of sp³-hybridized carbons (Fsp3) is 0.333. The van der Waals surface area contributed by atoms with E-state index in [0.717, 1.165) is 18.4 Å². The van der Waals surface area contributed by atoms with Gasteiger partial charge < -0.3 is 15.0 Å². The number of urea groups is 1. The van der Waals surface area contributed by atoms with Crippen molar-refractivity contribution < 1.29 is 9.53 Å². The van der Waals surface area contributed by atoms with Crippen LogP contribution in [0.2, 0.25) is 0 Å². The Balaban J connectivity index is 1.62. The third kappa shape index (κ3) is 3.28. The Morgan fingerprint density at radius 3 is 3.04 bits per heavy atom. The molecule has 1 aromatic heterocycles. The predicted octanol–water partition coefficient (Wildman–Crippen LogP) is 2.92. The number of aryl methyl sites for hydroxylation is 1. The molecule has 0 spiro atoms. The number of carbonyl (C=O) groups excluding carboxylic acids is 1. The molecule has 2 amide bonds. The number of benzene rings is 1. The van der Waals surface area contributed by atoms with Crippen molar-refractivity contribution in [2.75, 3.05) is 14.2 Å². The quantitative estimate of drug-likeness (QED) is 0.944. The van der Waals surface area contributed by atoms with Crippen LogP contribution in [-0.2, 0) is 13.0 Å². The molecule has 0 radical (unpaired) electrons. The molecule has 0 aliphatic heterocycles. The van der Waals surface area contributed by atoms with E-state index in [4.69, 9.17) is 4.74 Å². The zero-order valence-corrected chi connectivity index (χ0v) is 13.5. The maximum absolute atomic E-state index is 12.4. The van der Waals surface area contributed by atoms with Gasteiger partial charge in [-0.2, -0.15) is 0 Å². The molecule has 120 valence electrons. The Bertz CT molecular complexity index is 702. The molecule has 1 heterocycles. The summed E-state index contributed by atoms with van der Waals surface area (Å²) in [6.45, 7) is 0.455. The molecule has 0 fully saturated rings. The number of amides is 2. The summed E-state index contributed by atoms with van der Waals surface area (Å²) >= 11 is 0. The van der Waals surface area contributed by atoms with Crippen molar-refractivity contribution in [3.05, 3.63) is 59.3 Å². The summed E-state index contributed by atoms with van der Waals surface area (Å²) < 4.78 is 5.10. The fourth-order valence-corrected chi connectivity index (χ4v) is 3.05. The van der Waals surface area contributed by atoms with Crippen molar-refractivity contribution in [2.45, 2.75) is 25.4 Å². The van der Waals surface area contributed by atoms with Crippen molar-refractivity contribution in [3.63, 3.8) is 0 Å². The molecule has 23 heavy (non-hydrogen) atoms. The lowest BCUT2D eigenvalue weighted by molar-refractivity contribution is 0.190. The SMILES string of the molecule is COc1cc(CNC(=O)N(C)[C@H]2CCc3ccccc32)ccn1. The molecule has 0 saturated carbocycles. The van der Waals surface area contributed by atoms with Gasteiger partial charge in [0, 0.05) is 25.9 Å². The van der Waals surface area contributed by atoms with Crippen molar-refractivity contribution in [2.24, 2.45) is 0 Å². The van der Waals surface area contributed by atoms with Gasteiger partial charge in [0.2, 0.25) is 5.88 Å². The van der Waals surface area contributed by atoms with Crippen LogP contribution in [0.15, 0.2) is 42.6 Å². The van der Waals surface area contributed by atoms with Crippen LogP contribution in [0.4, 0.5) is 4.79 Å². The minimum atomic E-state index is -0.0671. The first kappa shape index (κ1) is 15.3. The number of pyridine rings is 1. The summed E-state index contributed by atoms with van der Waals surface area (Å²) in [5.41, 5.74) is 3.57. The van der Waals surface area contributed by atoms with E-state index in [0.29, 0.717) is 12.4 Å². The van der Waals surface area contributed by atoms with Crippen molar-refractivity contribution in [1.82, 2.24) is 15.2 Å². The molecule has 0 saturated heterocycles. The second-order valence-electron chi connectivity index (χ2n) is 5.73. The lowest BCUT2D eigenvalue weighted by Gasteiger charge is -2.25. The second kappa shape index (κ2) is 6.69. The number of fused-ring (bicyclic) bond motifs is 1. The van der Waals surface area contributed by atoms with Crippen LogP contribution < -0.4 is 10.1 Å². The van der Waals surface area contributed by atoms with Crippen LogP contribution in [0.5, 0.6) is 5.88 Å².